The largest absolute Gasteiger partial charge is 0.496 e. The first-order valence-corrected chi connectivity index (χ1v) is 7.94. The Hall–Kier alpha value is -1.41. The summed E-state index contributed by atoms with van der Waals surface area (Å²) in [6.45, 7) is 1.89. The van der Waals surface area contributed by atoms with Crippen molar-refractivity contribution in [3.8, 4) is 5.75 Å². The summed E-state index contributed by atoms with van der Waals surface area (Å²) in [4.78, 5) is 13.0. The van der Waals surface area contributed by atoms with Gasteiger partial charge in [-0.3, -0.25) is 9.69 Å². The molecule has 1 N–H and O–H groups in total. The van der Waals surface area contributed by atoms with Gasteiger partial charge in [-0.1, -0.05) is 6.07 Å². The fraction of sp³-hybridized carbons (Fsp3) is 0.533. The van der Waals surface area contributed by atoms with Gasteiger partial charge in [-0.25, -0.2) is 0 Å². The van der Waals surface area contributed by atoms with Crippen molar-refractivity contribution in [1.82, 2.24) is 4.90 Å². The number of rotatable bonds is 7. The number of aliphatic carboxylic acids is 1. The first kappa shape index (κ1) is 17.9. The second-order valence-corrected chi connectivity index (χ2v) is 6.56. The fourth-order valence-electron chi connectivity index (χ4n) is 2.37. The molecular weight excluding hydrogens is 331 g/mol. The van der Waals surface area contributed by atoms with Crippen molar-refractivity contribution >= 4 is 17.7 Å². The molecule has 1 aliphatic rings. The smallest absolute Gasteiger partial charge is 0.446 e. The summed E-state index contributed by atoms with van der Waals surface area (Å²) in [6, 6.07) is 4.08. The molecule has 1 fully saturated rings. The summed E-state index contributed by atoms with van der Waals surface area (Å²) in [5, 5.41) is 9.18. The Bertz CT molecular complexity index is 576. The third-order valence-electron chi connectivity index (χ3n) is 3.69. The lowest BCUT2D eigenvalue weighted by Gasteiger charge is -2.26. The Morgan fingerprint density at radius 2 is 2.13 bits per heavy atom. The molecule has 0 aliphatic heterocycles. The van der Waals surface area contributed by atoms with Crippen molar-refractivity contribution in [2.45, 2.75) is 48.8 Å². The van der Waals surface area contributed by atoms with E-state index in [0.29, 0.717) is 12.1 Å². The Morgan fingerprint density at radius 1 is 1.48 bits per heavy atom. The van der Waals surface area contributed by atoms with E-state index >= 15 is 0 Å². The van der Waals surface area contributed by atoms with Gasteiger partial charge in [0.15, 0.2) is 0 Å². The van der Waals surface area contributed by atoms with Crippen LogP contribution in [0.2, 0.25) is 0 Å². The molecule has 1 aromatic rings. The number of carboxylic acid groups (broad SMARTS) is 1. The zero-order valence-corrected chi connectivity index (χ0v) is 13.6. The van der Waals surface area contributed by atoms with E-state index in [2.05, 4.69) is 0 Å². The number of hydrogen-bond acceptors (Lipinski definition) is 4. The predicted octanol–water partition coefficient (Wildman–Crippen LogP) is 3.74. The van der Waals surface area contributed by atoms with Gasteiger partial charge in [0, 0.05) is 12.6 Å². The van der Waals surface area contributed by atoms with E-state index in [0.717, 1.165) is 12.8 Å². The number of carboxylic acids is 1. The molecule has 0 radical (unpaired) electrons. The summed E-state index contributed by atoms with van der Waals surface area (Å²) < 4.78 is 42.9. The van der Waals surface area contributed by atoms with E-state index in [1.165, 1.54) is 19.2 Å². The highest BCUT2D eigenvalue weighted by molar-refractivity contribution is 8.00. The van der Waals surface area contributed by atoms with Crippen LogP contribution in [0, 0.1) is 0 Å². The van der Waals surface area contributed by atoms with E-state index in [4.69, 9.17) is 4.74 Å². The minimum absolute atomic E-state index is 0.0174. The first-order chi connectivity index (χ1) is 10.7. The van der Waals surface area contributed by atoms with Gasteiger partial charge in [0.05, 0.1) is 12.0 Å². The maximum absolute atomic E-state index is 12.6. The predicted molar refractivity (Wildman–Crippen MR) is 80.6 cm³/mol. The minimum atomic E-state index is -4.41. The third kappa shape index (κ3) is 5.04. The molecule has 0 bridgehead atoms. The average Bonchev–Trinajstić information content (AvgIpc) is 3.27. The molecule has 0 heterocycles. The van der Waals surface area contributed by atoms with Crippen LogP contribution in [-0.2, 0) is 11.3 Å². The van der Waals surface area contributed by atoms with Crippen molar-refractivity contribution in [3.05, 3.63) is 23.8 Å². The number of halogens is 3. The van der Waals surface area contributed by atoms with Gasteiger partial charge in [-0.2, -0.15) is 13.2 Å². The van der Waals surface area contributed by atoms with Gasteiger partial charge in [0.1, 0.15) is 11.8 Å². The number of hydrogen-bond donors (Lipinski definition) is 1. The maximum atomic E-state index is 12.6. The van der Waals surface area contributed by atoms with Crippen molar-refractivity contribution in [1.29, 1.82) is 0 Å². The van der Waals surface area contributed by atoms with Crippen LogP contribution in [-0.4, -0.2) is 40.7 Å². The zero-order chi connectivity index (χ0) is 17.2. The first-order valence-electron chi connectivity index (χ1n) is 7.12. The van der Waals surface area contributed by atoms with Crippen molar-refractivity contribution in [2.75, 3.05) is 7.11 Å². The molecule has 1 atom stereocenters. The summed E-state index contributed by atoms with van der Waals surface area (Å²) >= 11 is -0.228. The van der Waals surface area contributed by atoms with Crippen molar-refractivity contribution in [3.63, 3.8) is 0 Å². The van der Waals surface area contributed by atoms with Crippen molar-refractivity contribution in [2.24, 2.45) is 0 Å². The molecule has 1 saturated carbocycles. The molecule has 0 saturated heterocycles. The molecule has 1 unspecified atom stereocenters. The van der Waals surface area contributed by atoms with E-state index in [-0.39, 0.29) is 28.4 Å². The average molecular weight is 349 g/mol. The maximum Gasteiger partial charge on any atom is 0.446 e. The van der Waals surface area contributed by atoms with Crippen LogP contribution in [0.4, 0.5) is 13.2 Å². The van der Waals surface area contributed by atoms with E-state index in [1.54, 1.807) is 13.0 Å². The highest BCUT2D eigenvalue weighted by Crippen LogP contribution is 2.42. The number of benzene rings is 1. The van der Waals surface area contributed by atoms with Gasteiger partial charge >= 0.3 is 11.5 Å². The number of thioether (sulfide) groups is 1. The third-order valence-corrected chi connectivity index (χ3v) is 4.46. The highest BCUT2D eigenvalue weighted by Gasteiger charge is 2.35. The molecule has 23 heavy (non-hydrogen) atoms. The summed E-state index contributed by atoms with van der Waals surface area (Å²) in [5.74, 6) is -0.782. The molecular formula is C15H18F3NO3S. The molecule has 4 nitrogen and oxygen atoms in total. The second kappa shape index (κ2) is 7.00. The Labute approximate surface area is 136 Å². The van der Waals surface area contributed by atoms with Crippen LogP contribution >= 0.6 is 11.8 Å². The normalized spacial score (nSPS) is 16.4. The molecule has 8 heteroatoms. The SMILES string of the molecule is COc1ccc(CN(C2CC2)C(C)C(=O)O)cc1SC(F)(F)F. The minimum Gasteiger partial charge on any atom is -0.496 e. The molecule has 128 valence electrons. The van der Waals surface area contributed by atoms with Crippen LogP contribution < -0.4 is 4.74 Å². The van der Waals surface area contributed by atoms with Gasteiger partial charge in [0.2, 0.25) is 0 Å². The van der Waals surface area contributed by atoms with E-state index < -0.39 is 17.5 Å². The van der Waals surface area contributed by atoms with E-state index in [1.807, 2.05) is 4.90 Å². The Balaban J connectivity index is 2.21. The Kier molecular flexibility index (Phi) is 5.46. The zero-order valence-electron chi connectivity index (χ0n) is 12.8. The lowest BCUT2D eigenvalue weighted by atomic mass is 10.1. The lowest BCUT2D eigenvalue weighted by molar-refractivity contribution is -0.143. The molecule has 0 aromatic heterocycles. The van der Waals surface area contributed by atoms with Gasteiger partial charge in [0.25, 0.3) is 0 Å². The number of carbonyl (C=O) groups is 1. The number of nitrogens with zero attached hydrogens (tertiary/aromatic N) is 1. The monoisotopic (exact) mass is 349 g/mol. The highest BCUT2D eigenvalue weighted by atomic mass is 32.2. The number of methoxy groups -OCH3 is 1. The van der Waals surface area contributed by atoms with Crippen LogP contribution in [0.25, 0.3) is 0 Å². The van der Waals surface area contributed by atoms with Crippen LogP contribution in [0.15, 0.2) is 23.1 Å². The summed E-state index contributed by atoms with van der Waals surface area (Å²) in [7, 11) is 1.32. The fourth-order valence-corrected chi connectivity index (χ4v) is 3.08. The van der Waals surface area contributed by atoms with Gasteiger partial charge in [-0.05, 0) is 49.2 Å². The van der Waals surface area contributed by atoms with Gasteiger partial charge < -0.3 is 9.84 Å². The summed E-state index contributed by atoms with van der Waals surface area (Å²) in [6.07, 6.45) is 1.83. The topological polar surface area (TPSA) is 49.8 Å². The number of ether oxygens (including phenoxy) is 1. The lowest BCUT2D eigenvalue weighted by Crippen LogP contribution is -2.40. The van der Waals surface area contributed by atoms with Crippen LogP contribution in [0.5, 0.6) is 5.75 Å². The second-order valence-electron chi connectivity index (χ2n) is 5.45. The summed E-state index contributed by atoms with van der Waals surface area (Å²) in [5.41, 5.74) is -3.77. The molecule has 0 spiro atoms. The standard InChI is InChI=1S/C15H18F3NO3S/c1-9(14(20)21)19(11-4-5-11)8-10-3-6-12(22-2)13(7-10)23-15(16,17)18/h3,6-7,9,11H,4-5,8H2,1-2H3,(H,20,21). The molecule has 2 rings (SSSR count). The number of alkyl halides is 3. The quantitative estimate of drug-likeness (QED) is 0.760. The molecule has 1 aliphatic carbocycles. The molecule has 1 aromatic carbocycles. The molecule has 0 amide bonds. The van der Waals surface area contributed by atoms with E-state index in [9.17, 15) is 23.1 Å². The Morgan fingerprint density at radius 3 is 2.61 bits per heavy atom. The van der Waals surface area contributed by atoms with Crippen LogP contribution in [0.1, 0.15) is 25.3 Å². The van der Waals surface area contributed by atoms with Gasteiger partial charge in [-0.15, -0.1) is 0 Å². The van der Waals surface area contributed by atoms with Crippen molar-refractivity contribution < 1.29 is 27.8 Å². The van der Waals surface area contributed by atoms with Crippen LogP contribution in [0.3, 0.4) is 0 Å².